The molecule has 1 saturated carbocycles. The number of amides is 2. The van der Waals surface area contributed by atoms with Gasteiger partial charge in [-0.2, -0.15) is 0 Å². The van der Waals surface area contributed by atoms with Crippen LogP contribution in [0, 0.1) is 0 Å². The third kappa shape index (κ3) is 3.27. The van der Waals surface area contributed by atoms with E-state index in [2.05, 4.69) is 5.32 Å². The number of hydrogen-bond acceptors (Lipinski definition) is 6. The van der Waals surface area contributed by atoms with Gasteiger partial charge in [-0.3, -0.25) is 14.4 Å². The van der Waals surface area contributed by atoms with Crippen molar-refractivity contribution in [3.05, 3.63) is 35.4 Å². The van der Waals surface area contributed by atoms with Crippen LogP contribution in [0.1, 0.15) is 48.1 Å². The number of ether oxygens (including phenoxy) is 2. The Morgan fingerprint density at radius 1 is 1.26 bits per heavy atom. The fourth-order valence-corrected chi connectivity index (χ4v) is 3.61. The van der Waals surface area contributed by atoms with Crippen LogP contribution in [-0.4, -0.2) is 53.4 Å². The molecule has 2 aliphatic heterocycles. The SMILES string of the molecule is C[C@@H]1C[C@@H](OC(=O)CNC(=O)[C@H]2c3ccccc3C(=O)N2C2CC2)C(=O)O1. The van der Waals surface area contributed by atoms with Gasteiger partial charge in [0.25, 0.3) is 5.91 Å². The first-order valence-electron chi connectivity index (χ1n) is 9.05. The smallest absolute Gasteiger partial charge is 0.347 e. The Morgan fingerprint density at radius 3 is 2.67 bits per heavy atom. The van der Waals surface area contributed by atoms with Crippen LogP contribution in [0.2, 0.25) is 0 Å². The largest absolute Gasteiger partial charge is 0.460 e. The van der Waals surface area contributed by atoms with Crippen LogP contribution < -0.4 is 5.32 Å². The molecule has 2 heterocycles. The standard InChI is InChI=1S/C19H20N2O6/c1-10-8-14(19(25)26-10)27-15(22)9-20-17(23)16-12-4-2-3-5-13(12)18(24)21(16)11-6-7-11/h2-5,10-11,14,16H,6-9H2,1H3,(H,20,23)/t10-,14-,16-/m1/s1. The fraction of sp³-hybridized carbons (Fsp3) is 0.474. The van der Waals surface area contributed by atoms with Crippen LogP contribution in [0.4, 0.5) is 0 Å². The molecule has 27 heavy (non-hydrogen) atoms. The van der Waals surface area contributed by atoms with Crippen LogP contribution in [0.5, 0.6) is 0 Å². The fourth-order valence-electron chi connectivity index (χ4n) is 3.61. The average Bonchev–Trinajstić information content (AvgIpc) is 3.37. The third-order valence-corrected chi connectivity index (χ3v) is 4.99. The monoisotopic (exact) mass is 372 g/mol. The van der Waals surface area contributed by atoms with Gasteiger partial charge in [0.2, 0.25) is 12.0 Å². The number of benzene rings is 1. The van der Waals surface area contributed by atoms with Crippen LogP contribution in [0.15, 0.2) is 24.3 Å². The van der Waals surface area contributed by atoms with Crippen molar-refractivity contribution in [2.45, 2.75) is 50.5 Å². The van der Waals surface area contributed by atoms with Crippen LogP contribution >= 0.6 is 0 Å². The number of fused-ring (bicyclic) bond motifs is 1. The molecule has 0 unspecified atom stereocenters. The minimum absolute atomic E-state index is 0.0577. The van der Waals surface area contributed by atoms with E-state index >= 15 is 0 Å². The second-order valence-electron chi connectivity index (χ2n) is 7.11. The first kappa shape index (κ1) is 17.5. The predicted octanol–water partition coefficient (Wildman–Crippen LogP) is 0.709. The molecule has 1 saturated heterocycles. The molecule has 2 fully saturated rings. The minimum Gasteiger partial charge on any atom is -0.460 e. The van der Waals surface area contributed by atoms with E-state index in [0.717, 1.165) is 12.8 Å². The van der Waals surface area contributed by atoms with E-state index in [1.165, 1.54) is 0 Å². The Kier molecular flexibility index (Phi) is 4.33. The quantitative estimate of drug-likeness (QED) is 0.764. The van der Waals surface area contributed by atoms with Crippen molar-refractivity contribution < 1.29 is 28.7 Å². The lowest BCUT2D eigenvalue weighted by atomic mass is 10.0. The van der Waals surface area contributed by atoms with E-state index in [1.807, 2.05) is 0 Å². The summed E-state index contributed by atoms with van der Waals surface area (Å²) in [4.78, 5) is 50.5. The van der Waals surface area contributed by atoms with Gasteiger partial charge in [0.15, 0.2) is 0 Å². The molecule has 142 valence electrons. The normalized spacial score (nSPS) is 26.6. The van der Waals surface area contributed by atoms with Gasteiger partial charge in [0, 0.05) is 18.0 Å². The molecule has 3 atom stereocenters. The Hall–Kier alpha value is -2.90. The van der Waals surface area contributed by atoms with Gasteiger partial charge in [0.1, 0.15) is 18.7 Å². The molecule has 2 amide bonds. The Balaban J connectivity index is 1.41. The number of carbonyl (C=O) groups excluding carboxylic acids is 4. The van der Waals surface area contributed by atoms with Gasteiger partial charge >= 0.3 is 11.9 Å². The Morgan fingerprint density at radius 2 is 2.00 bits per heavy atom. The van der Waals surface area contributed by atoms with E-state index in [0.29, 0.717) is 17.5 Å². The summed E-state index contributed by atoms with van der Waals surface area (Å²) in [6.45, 7) is 1.34. The summed E-state index contributed by atoms with van der Waals surface area (Å²) in [6, 6.07) is 6.33. The molecule has 0 spiro atoms. The van der Waals surface area contributed by atoms with E-state index in [-0.39, 0.29) is 24.6 Å². The zero-order valence-electron chi connectivity index (χ0n) is 14.8. The molecular formula is C19H20N2O6. The summed E-state index contributed by atoms with van der Waals surface area (Å²) in [5, 5.41) is 2.54. The lowest BCUT2D eigenvalue weighted by molar-refractivity contribution is -0.160. The summed E-state index contributed by atoms with van der Waals surface area (Å²) < 4.78 is 10.0. The molecule has 1 N–H and O–H groups in total. The van der Waals surface area contributed by atoms with Crippen molar-refractivity contribution in [3.63, 3.8) is 0 Å². The zero-order chi connectivity index (χ0) is 19.1. The molecule has 1 aromatic carbocycles. The van der Waals surface area contributed by atoms with E-state index in [4.69, 9.17) is 9.47 Å². The Bertz CT molecular complexity index is 818. The maximum Gasteiger partial charge on any atom is 0.347 e. The topological polar surface area (TPSA) is 102 Å². The average molecular weight is 372 g/mol. The van der Waals surface area contributed by atoms with Gasteiger partial charge < -0.3 is 19.7 Å². The van der Waals surface area contributed by atoms with E-state index in [9.17, 15) is 19.2 Å². The summed E-state index contributed by atoms with van der Waals surface area (Å²) in [5.74, 6) is -1.87. The first-order valence-corrected chi connectivity index (χ1v) is 9.05. The van der Waals surface area contributed by atoms with Crippen LogP contribution in [0.3, 0.4) is 0 Å². The molecule has 8 heteroatoms. The highest BCUT2D eigenvalue weighted by molar-refractivity contribution is 6.05. The highest BCUT2D eigenvalue weighted by atomic mass is 16.6. The molecular weight excluding hydrogens is 352 g/mol. The highest BCUT2D eigenvalue weighted by Crippen LogP contribution is 2.41. The lowest BCUT2D eigenvalue weighted by Crippen LogP contribution is -2.42. The van der Waals surface area contributed by atoms with E-state index in [1.54, 1.807) is 36.1 Å². The number of nitrogens with zero attached hydrogens (tertiary/aromatic N) is 1. The highest BCUT2D eigenvalue weighted by Gasteiger charge is 2.47. The summed E-state index contributed by atoms with van der Waals surface area (Å²) in [7, 11) is 0. The zero-order valence-corrected chi connectivity index (χ0v) is 14.8. The Labute approximate surface area is 155 Å². The van der Waals surface area contributed by atoms with Gasteiger partial charge in [-0.15, -0.1) is 0 Å². The summed E-state index contributed by atoms with van der Waals surface area (Å²) in [5.41, 5.74) is 1.17. The van der Waals surface area contributed by atoms with Crippen molar-refractivity contribution >= 4 is 23.8 Å². The number of carbonyl (C=O) groups is 4. The van der Waals surface area contributed by atoms with Crippen LogP contribution in [0.25, 0.3) is 0 Å². The van der Waals surface area contributed by atoms with Crippen molar-refractivity contribution in [1.29, 1.82) is 0 Å². The molecule has 8 nitrogen and oxygen atoms in total. The maximum atomic E-state index is 12.7. The number of esters is 2. The number of cyclic esters (lactones) is 1. The maximum absolute atomic E-state index is 12.7. The minimum atomic E-state index is -0.929. The van der Waals surface area contributed by atoms with Gasteiger partial charge in [0.05, 0.1) is 0 Å². The molecule has 1 aromatic rings. The number of hydrogen-bond donors (Lipinski definition) is 1. The van der Waals surface area contributed by atoms with Crippen LogP contribution in [-0.2, 0) is 23.9 Å². The molecule has 0 bridgehead atoms. The number of nitrogens with one attached hydrogen (secondary N) is 1. The van der Waals surface area contributed by atoms with Gasteiger partial charge in [-0.25, -0.2) is 4.79 Å². The summed E-state index contributed by atoms with van der Waals surface area (Å²) >= 11 is 0. The second kappa shape index (κ2) is 6.68. The molecule has 1 aliphatic carbocycles. The molecule has 3 aliphatic rings. The van der Waals surface area contributed by atoms with Gasteiger partial charge in [-0.05, 0) is 31.4 Å². The molecule has 4 rings (SSSR count). The number of rotatable bonds is 5. The first-order chi connectivity index (χ1) is 13.0. The lowest BCUT2D eigenvalue weighted by Gasteiger charge is -2.24. The van der Waals surface area contributed by atoms with E-state index < -0.39 is 30.0 Å². The van der Waals surface area contributed by atoms with Crippen molar-refractivity contribution in [2.24, 2.45) is 0 Å². The second-order valence-corrected chi connectivity index (χ2v) is 7.11. The van der Waals surface area contributed by atoms with Crippen molar-refractivity contribution in [3.8, 4) is 0 Å². The molecule has 0 aromatic heterocycles. The van der Waals surface area contributed by atoms with Crippen molar-refractivity contribution in [1.82, 2.24) is 10.2 Å². The summed E-state index contributed by atoms with van der Waals surface area (Å²) in [6.07, 6.45) is 0.818. The molecule has 0 radical (unpaired) electrons. The predicted molar refractivity (Wildman–Crippen MR) is 91.4 cm³/mol. The van der Waals surface area contributed by atoms with Crippen molar-refractivity contribution in [2.75, 3.05) is 6.54 Å². The third-order valence-electron chi connectivity index (χ3n) is 4.99. The van der Waals surface area contributed by atoms with Gasteiger partial charge in [-0.1, -0.05) is 18.2 Å².